The molecule has 1 aliphatic heterocycles. The molecule has 3 rings (SSSR count). The number of hydrogen-bond donors (Lipinski definition) is 9. The Morgan fingerprint density at radius 1 is 0.896 bits per heavy atom. The minimum absolute atomic E-state index is 0.0329. The molecular formula is C39H68N7O17P3S. The second-order valence-corrected chi connectivity index (χ2v) is 22.0. The number of nitrogens with two attached hydrogens (primary N) is 1. The smallest absolute Gasteiger partial charge is 0.386 e. The second kappa shape index (κ2) is 28.8. The van der Waals surface area contributed by atoms with Gasteiger partial charge < -0.3 is 50.9 Å². The van der Waals surface area contributed by atoms with Crippen molar-refractivity contribution in [2.24, 2.45) is 5.41 Å². The van der Waals surface area contributed by atoms with Crippen molar-refractivity contribution in [1.82, 2.24) is 30.2 Å². The topological polar surface area (TPSA) is 364 Å². The summed E-state index contributed by atoms with van der Waals surface area (Å²) in [4.78, 5) is 88.3. The number of amides is 2. The molecule has 1 aliphatic rings. The van der Waals surface area contributed by atoms with Gasteiger partial charge in [-0.05, 0) is 32.1 Å². The summed E-state index contributed by atoms with van der Waals surface area (Å²) in [6, 6.07) is 0. The van der Waals surface area contributed by atoms with Crippen molar-refractivity contribution in [1.29, 1.82) is 0 Å². The van der Waals surface area contributed by atoms with Crippen molar-refractivity contribution < 1.29 is 80.5 Å². The molecule has 7 unspecified atom stereocenters. The van der Waals surface area contributed by atoms with Gasteiger partial charge in [0.1, 0.15) is 36.3 Å². The number of phosphoric ester groups is 3. The van der Waals surface area contributed by atoms with Gasteiger partial charge in [-0.1, -0.05) is 96.1 Å². The molecule has 28 heteroatoms. The quantitative estimate of drug-likeness (QED) is 0.0260. The Labute approximate surface area is 394 Å². The standard InChI is InChI=1S/C39H68N7O17P3S/c1-4-5-6-7-8-9-10-11-12-13-14-15-16-17-18-19-30(48)67-23-22-41-29(47)20-21-42-37(51)34(50)39(2,3)25-60-66(57,58)63-65(55,56)59-24-28-33(62-64(52,53)54)32(49)38(61-28)46-27-45-31-35(40)43-26-44-36(31)46/h13-14,26-28,32-34,38,49-50H,4-12,15-25H2,1-3H3,(H,41,47)(H,42,51)(H,55,56)(H,57,58)(H2,40,43,44)(H2,52,53,54)/b14-13+. The van der Waals surface area contributed by atoms with Gasteiger partial charge >= 0.3 is 23.5 Å². The maximum atomic E-state index is 12.7. The summed E-state index contributed by atoms with van der Waals surface area (Å²) in [6.07, 6.45) is 13.5. The Balaban J connectivity index is 1.31. The number of thioether (sulfide) groups is 1. The first-order chi connectivity index (χ1) is 31.6. The van der Waals surface area contributed by atoms with Gasteiger partial charge in [0, 0.05) is 37.1 Å². The van der Waals surface area contributed by atoms with Crippen LogP contribution in [0.5, 0.6) is 0 Å². The number of fused-ring (bicyclic) bond motifs is 1. The van der Waals surface area contributed by atoms with Crippen LogP contribution in [-0.2, 0) is 50.7 Å². The maximum absolute atomic E-state index is 12.7. The molecule has 10 N–H and O–H groups in total. The molecule has 24 nitrogen and oxygen atoms in total. The number of aromatic nitrogens is 4. The molecule has 1 fully saturated rings. The van der Waals surface area contributed by atoms with E-state index in [1.54, 1.807) is 0 Å². The first kappa shape index (κ1) is 58.6. The summed E-state index contributed by atoms with van der Waals surface area (Å²) in [5.74, 6) is -1.04. The Bertz CT molecular complexity index is 2040. The second-order valence-electron chi connectivity index (χ2n) is 16.6. The summed E-state index contributed by atoms with van der Waals surface area (Å²) >= 11 is 1.14. The van der Waals surface area contributed by atoms with E-state index in [1.165, 1.54) is 65.2 Å². The number of allylic oxidation sites excluding steroid dienone is 2. The van der Waals surface area contributed by atoms with Gasteiger partial charge in [0.2, 0.25) is 11.8 Å². The normalized spacial score (nSPS) is 20.2. The van der Waals surface area contributed by atoms with Crippen LogP contribution in [0.3, 0.4) is 0 Å². The highest BCUT2D eigenvalue weighted by Gasteiger charge is 2.50. The number of aliphatic hydroxyl groups is 2. The fourth-order valence-corrected chi connectivity index (χ4v) is 10.3. The monoisotopic (exact) mass is 1030 g/mol. The fraction of sp³-hybridized carbons (Fsp3) is 0.744. The highest BCUT2D eigenvalue weighted by atomic mass is 32.2. The Kier molecular flexibility index (Phi) is 25.2. The average molecular weight is 1030 g/mol. The van der Waals surface area contributed by atoms with Crippen molar-refractivity contribution in [2.75, 3.05) is 37.8 Å². The maximum Gasteiger partial charge on any atom is 0.481 e. The zero-order valence-corrected chi connectivity index (χ0v) is 41.6. The van der Waals surface area contributed by atoms with E-state index in [1.807, 2.05) is 0 Å². The van der Waals surface area contributed by atoms with Crippen LogP contribution >= 0.6 is 35.2 Å². The van der Waals surface area contributed by atoms with Gasteiger partial charge in [-0.2, -0.15) is 4.31 Å². The number of nitrogen functional groups attached to an aromatic ring is 1. The molecule has 382 valence electrons. The van der Waals surface area contributed by atoms with Crippen molar-refractivity contribution in [3.63, 3.8) is 0 Å². The van der Waals surface area contributed by atoms with Crippen LogP contribution in [0, 0.1) is 5.41 Å². The number of unbranched alkanes of at least 4 members (excludes halogenated alkanes) is 11. The number of ether oxygens (including phenoxy) is 1. The van der Waals surface area contributed by atoms with Crippen LogP contribution in [0.25, 0.3) is 11.2 Å². The van der Waals surface area contributed by atoms with Crippen molar-refractivity contribution in [3.8, 4) is 0 Å². The molecular weight excluding hydrogens is 963 g/mol. The summed E-state index contributed by atoms with van der Waals surface area (Å²) in [5, 5.41) is 26.6. The molecule has 0 aromatic carbocycles. The van der Waals surface area contributed by atoms with E-state index in [9.17, 15) is 57.9 Å². The SMILES string of the molecule is CCCCCCCCCC/C=C/CCCCCC(=O)SCCNC(=O)CCNC(=O)C(O)C(C)(C)COP(=O)(O)OP(=O)(O)OCC1OC(n2cnc3c(N)ncnc32)C(O)C1OP(=O)(O)O. The molecule has 2 amide bonds. The first-order valence-corrected chi connectivity index (χ1v) is 27.8. The third kappa shape index (κ3) is 21.9. The van der Waals surface area contributed by atoms with Crippen molar-refractivity contribution in [3.05, 3.63) is 24.8 Å². The number of nitrogens with one attached hydrogen (secondary N) is 2. The lowest BCUT2D eigenvalue weighted by atomic mass is 9.87. The number of rotatable bonds is 34. The van der Waals surface area contributed by atoms with E-state index in [4.69, 9.17) is 19.5 Å². The van der Waals surface area contributed by atoms with Gasteiger partial charge in [0.25, 0.3) is 0 Å². The summed E-state index contributed by atoms with van der Waals surface area (Å²) in [5.41, 5.74) is 4.28. The molecule has 2 aromatic heterocycles. The molecule has 7 atom stereocenters. The van der Waals surface area contributed by atoms with Crippen LogP contribution in [0.4, 0.5) is 5.82 Å². The lowest BCUT2D eigenvalue weighted by Crippen LogP contribution is -2.46. The molecule has 0 bridgehead atoms. The van der Waals surface area contributed by atoms with E-state index in [-0.39, 0.29) is 41.6 Å². The zero-order chi connectivity index (χ0) is 49.7. The molecule has 2 aromatic rings. The van der Waals surface area contributed by atoms with Crippen LogP contribution in [0.1, 0.15) is 123 Å². The van der Waals surface area contributed by atoms with Gasteiger partial charge in [0.15, 0.2) is 22.8 Å². The van der Waals surface area contributed by atoms with E-state index in [2.05, 4.69) is 53.5 Å². The fourth-order valence-electron chi connectivity index (χ4n) is 6.71. The van der Waals surface area contributed by atoms with E-state index >= 15 is 0 Å². The highest BCUT2D eigenvalue weighted by molar-refractivity contribution is 8.13. The number of phosphoric acid groups is 3. The van der Waals surface area contributed by atoms with Crippen LogP contribution in [-0.4, -0.2) is 123 Å². The molecule has 0 radical (unpaired) electrons. The number of anilines is 1. The lowest BCUT2D eigenvalue weighted by Gasteiger charge is -2.30. The minimum atomic E-state index is -5.58. The van der Waals surface area contributed by atoms with Crippen molar-refractivity contribution in [2.45, 2.75) is 148 Å². The number of imidazole rings is 1. The summed E-state index contributed by atoms with van der Waals surface area (Å²) in [6.45, 7) is 2.79. The molecule has 3 heterocycles. The predicted octanol–water partition coefficient (Wildman–Crippen LogP) is 4.70. The minimum Gasteiger partial charge on any atom is -0.386 e. The Morgan fingerprint density at radius 3 is 2.18 bits per heavy atom. The average Bonchev–Trinajstić information content (AvgIpc) is 3.81. The van der Waals surface area contributed by atoms with E-state index < -0.39 is 84.6 Å². The number of hydrogen-bond acceptors (Lipinski definition) is 18. The van der Waals surface area contributed by atoms with Crippen LogP contribution in [0.15, 0.2) is 24.8 Å². The Morgan fingerprint density at radius 2 is 1.52 bits per heavy atom. The zero-order valence-electron chi connectivity index (χ0n) is 38.1. The third-order valence-electron chi connectivity index (χ3n) is 10.4. The third-order valence-corrected chi connectivity index (χ3v) is 14.4. The van der Waals surface area contributed by atoms with E-state index in [0.717, 1.165) is 61.1 Å². The first-order valence-electron chi connectivity index (χ1n) is 22.3. The number of aliphatic hydroxyl groups excluding tert-OH is 2. The largest absolute Gasteiger partial charge is 0.481 e. The molecule has 67 heavy (non-hydrogen) atoms. The summed E-state index contributed by atoms with van der Waals surface area (Å²) < 4.78 is 62.4. The Hall–Kier alpha value is -2.70. The lowest BCUT2D eigenvalue weighted by molar-refractivity contribution is -0.137. The number of nitrogens with zero attached hydrogens (tertiary/aromatic N) is 4. The van der Waals surface area contributed by atoms with Gasteiger partial charge in [-0.25, -0.2) is 28.6 Å². The highest BCUT2D eigenvalue weighted by Crippen LogP contribution is 2.61. The number of carbonyl (C=O) groups excluding carboxylic acids is 3. The van der Waals surface area contributed by atoms with Crippen LogP contribution in [0.2, 0.25) is 0 Å². The predicted molar refractivity (Wildman–Crippen MR) is 247 cm³/mol. The van der Waals surface area contributed by atoms with Gasteiger partial charge in [-0.3, -0.25) is 32.5 Å². The van der Waals surface area contributed by atoms with E-state index in [0.29, 0.717) is 12.2 Å². The van der Waals surface area contributed by atoms with Crippen molar-refractivity contribution >= 4 is 69.1 Å². The van der Waals surface area contributed by atoms with Gasteiger partial charge in [-0.15, -0.1) is 0 Å². The van der Waals surface area contributed by atoms with Gasteiger partial charge in [0.05, 0.1) is 19.5 Å². The van der Waals surface area contributed by atoms with Crippen LogP contribution < -0.4 is 16.4 Å². The summed E-state index contributed by atoms with van der Waals surface area (Å²) in [7, 11) is -16.4. The molecule has 1 saturated heterocycles. The molecule has 0 saturated carbocycles. The number of carbonyl (C=O) groups is 3. The molecule has 0 spiro atoms. The molecule has 0 aliphatic carbocycles.